The quantitative estimate of drug-likeness (QED) is 0.304. The topological polar surface area (TPSA) is 347 Å². The second-order valence-electron chi connectivity index (χ2n) is 0.204. The van der Waals surface area contributed by atoms with Crippen LogP contribution in [0.2, 0.25) is 0 Å². The molecule has 0 amide bonds. The number of rotatable bonds is 0. The maximum Gasteiger partial charge on any atom is 1.00 e. The van der Waals surface area contributed by atoms with E-state index in [4.69, 9.17) is 13.3 Å². The Hall–Kier alpha value is 0.710. The van der Waals surface area contributed by atoms with Crippen molar-refractivity contribution in [3.8, 4) is 0 Å². The van der Waals surface area contributed by atoms with Crippen LogP contribution in [0, 0.1) is 0 Å². The third-order valence-corrected chi connectivity index (χ3v) is 0. The Morgan fingerprint density at radius 2 is 0.571 bits per heavy atom. The van der Waals surface area contributed by atoms with Crippen LogP contribution in [0.1, 0.15) is 0 Å². The van der Waals surface area contributed by atoms with E-state index < -0.39 is 11.4 Å². The first kappa shape index (κ1) is 201. The van der Waals surface area contributed by atoms with Crippen molar-refractivity contribution in [2.24, 2.45) is 0 Å². The van der Waals surface area contributed by atoms with Crippen molar-refractivity contribution in [3.05, 3.63) is 0 Å². The van der Waals surface area contributed by atoms with Crippen LogP contribution in [0.5, 0.6) is 0 Å². The van der Waals surface area contributed by atoms with E-state index in [0.717, 1.165) is 0 Å². The van der Waals surface area contributed by atoms with E-state index in [1.54, 1.807) is 0 Å². The summed E-state index contributed by atoms with van der Waals surface area (Å²) in [5.74, 6) is 0. The molecule has 0 fully saturated rings. The zero-order valence-electron chi connectivity index (χ0n) is 7.13. The minimum Gasteiger partial charge on any atom is -0.784 e. The van der Waals surface area contributed by atoms with E-state index in [2.05, 4.69) is 0 Å². The summed E-state index contributed by atoms with van der Waals surface area (Å²) in [6.45, 7) is 0. The first-order chi connectivity index (χ1) is 1.73. The molecule has 0 unspecified atom stereocenters. The normalized spacial score (nSPS) is 2.50. The van der Waals surface area contributed by atoms with Gasteiger partial charge >= 0.3 is 29.6 Å². The zero-order chi connectivity index (χ0) is 3.58. The van der Waals surface area contributed by atoms with E-state index >= 15 is 0 Å². The third kappa shape index (κ3) is 3460. The molecular weight excluding hydrogens is 247 g/mol. The Bertz CT molecular complexity index is 33.3. The van der Waals surface area contributed by atoms with Gasteiger partial charge in [-0.1, -0.05) is 0 Å². The van der Waals surface area contributed by atoms with Crippen LogP contribution < -0.4 is 29.6 Å². The monoisotopic (exact) mass is 265 g/mol. The molecule has 0 rings (SSSR count). The predicted octanol–water partition coefficient (Wildman–Crippen LogP) is -11.4. The Balaban J connectivity index is -0.000000001000. The number of hydrogen-bond acceptors (Lipinski definition) is 3. The van der Waals surface area contributed by atoms with Crippen LogP contribution in [0.15, 0.2) is 0 Å². The molecule has 0 heterocycles. The zero-order valence-corrected chi connectivity index (χ0v) is 9.95. The molecular formula is H18NaO12S-. The fourth-order valence-electron chi connectivity index (χ4n) is 0. The molecule has 12 nitrogen and oxygen atoms in total. The molecule has 0 spiro atoms. The van der Waals surface area contributed by atoms with Crippen LogP contribution in [0.25, 0.3) is 0 Å². The summed E-state index contributed by atoms with van der Waals surface area (Å²) < 4.78 is 25.3. The smallest absolute Gasteiger partial charge is 0.784 e. The van der Waals surface area contributed by atoms with Crippen molar-refractivity contribution in [2.45, 2.75) is 0 Å². The standard InChI is InChI=1S/Na.H2O3S.9H2O/c;1-4(2)3;;;;;;;;;/h;(H2,1,2,3);9*1H2/q+1;;;;;;;;;;/p-2. The van der Waals surface area contributed by atoms with Crippen molar-refractivity contribution in [1.82, 2.24) is 0 Å². The van der Waals surface area contributed by atoms with E-state index in [1.807, 2.05) is 0 Å². The van der Waals surface area contributed by atoms with Crippen LogP contribution in [-0.2, 0) is 11.4 Å². The van der Waals surface area contributed by atoms with E-state index in [9.17, 15) is 0 Å². The summed E-state index contributed by atoms with van der Waals surface area (Å²) in [5, 5.41) is 0. The molecule has 0 radical (unpaired) electrons. The van der Waals surface area contributed by atoms with Gasteiger partial charge in [0.1, 0.15) is 0 Å². The van der Waals surface area contributed by atoms with Crippen LogP contribution in [0.3, 0.4) is 0 Å². The van der Waals surface area contributed by atoms with Crippen LogP contribution in [-0.4, -0.2) is 62.6 Å². The van der Waals surface area contributed by atoms with Crippen molar-refractivity contribution in [3.63, 3.8) is 0 Å². The summed E-state index contributed by atoms with van der Waals surface area (Å²) >= 11 is -3.11. The summed E-state index contributed by atoms with van der Waals surface area (Å²) in [6.07, 6.45) is 0. The van der Waals surface area contributed by atoms with Gasteiger partial charge < -0.3 is 58.4 Å². The third-order valence-electron chi connectivity index (χ3n) is 0. The summed E-state index contributed by atoms with van der Waals surface area (Å²) in [5.41, 5.74) is 0. The summed E-state index contributed by atoms with van der Waals surface area (Å²) in [6, 6.07) is 0. The first-order valence-corrected chi connectivity index (χ1v) is 1.50. The molecule has 0 aliphatic rings. The second kappa shape index (κ2) is 161. The van der Waals surface area contributed by atoms with Crippen LogP contribution in [0.4, 0.5) is 0 Å². The minimum absolute atomic E-state index is 0. The Labute approximate surface area is 103 Å². The summed E-state index contributed by atoms with van der Waals surface area (Å²) in [4.78, 5) is 0. The van der Waals surface area contributed by atoms with Gasteiger partial charge in [0.05, 0.1) is 0 Å². The van der Waals surface area contributed by atoms with Crippen molar-refractivity contribution in [2.75, 3.05) is 0 Å². The van der Waals surface area contributed by atoms with Gasteiger partial charge in [0.2, 0.25) is 0 Å². The molecule has 18 N–H and O–H groups in total. The predicted molar refractivity (Wildman–Crippen MR) is 42.2 cm³/mol. The number of hydrogen-bond donors (Lipinski definition) is 0. The van der Waals surface area contributed by atoms with Gasteiger partial charge in [0, 0.05) is 0 Å². The molecule has 0 aromatic heterocycles. The van der Waals surface area contributed by atoms with Crippen molar-refractivity contribution >= 4 is 11.4 Å². The molecule has 0 saturated heterocycles. The largest absolute Gasteiger partial charge is 1.00 e. The SMILES string of the molecule is O.O.O.O.O.O.O.O.O.O=S([O-])[O-].[Na+]. The Kier molecular flexibility index (Phi) is 2310. The average molecular weight is 265 g/mol. The Morgan fingerprint density at radius 1 is 0.571 bits per heavy atom. The fourth-order valence-corrected chi connectivity index (χ4v) is 0. The summed E-state index contributed by atoms with van der Waals surface area (Å²) in [7, 11) is 0. The molecule has 0 aromatic carbocycles. The molecule has 14 heteroatoms. The average Bonchev–Trinajstić information content (AvgIpc) is 0.811. The van der Waals surface area contributed by atoms with Gasteiger partial charge in [0.15, 0.2) is 0 Å². The van der Waals surface area contributed by atoms with Gasteiger partial charge in [-0.05, 0) is 0 Å². The van der Waals surface area contributed by atoms with Crippen molar-refractivity contribution < 1.29 is 92.2 Å². The van der Waals surface area contributed by atoms with Gasteiger partial charge in [-0.15, -0.1) is 11.4 Å². The maximum atomic E-state index is 8.44. The molecule has 0 saturated carbocycles. The van der Waals surface area contributed by atoms with Crippen LogP contribution >= 0.6 is 0 Å². The molecule has 98 valence electrons. The van der Waals surface area contributed by atoms with E-state index in [1.165, 1.54) is 0 Å². The molecule has 0 aromatic rings. The van der Waals surface area contributed by atoms with E-state index in [0.29, 0.717) is 0 Å². The molecule has 0 aliphatic heterocycles. The first-order valence-electron chi connectivity index (χ1n) is 0.500. The van der Waals surface area contributed by atoms with E-state index in [-0.39, 0.29) is 78.8 Å². The Morgan fingerprint density at radius 3 is 0.571 bits per heavy atom. The molecule has 0 bridgehead atoms. The minimum atomic E-state index is -3.11. The van der Waals surface area contributed by atoms with Gasteiger partial charge in [-0.3, -0.25) is 4.21 Å². The second-order valence-corrected chi connectivity index (χ2v) is 0.612. The molecule has 0 aliphatic carbocycles. The fraction of sp³-hybridized carbons (Fsp3) is 0. The van der Waals surface area contributed by atoms with Gasteiger partial charge in [0.25, 0.3) is 0 Å². The maximum absolute atomic E-state index is 8.44. The van der Waals surface area contributed by atoms with Gasteiger partial charge in [-0.25, -0.2) is 0 Å². The molecule has 14 heavy (non-hydrogen) atoms. The van der Waals surface area contributed by atoms with Gasteiger partial charge in [-0.2, -0.15) is 0 Å². The van der Waals surface area contributed by atoms with Crippen molar-refractivity contribution in [1.29, 1.82) is 0 Å². The molecule has 0 atom stereocenters.